The third-order valence-corrected chi connectivity index (χ3v) is 8.28. The minimum Gasteiger partial charge on any atom is -0.488 e. The first-order valence-corrected chi connectivity index (χ1v) is 16.1. The summed E-state index contributed by atoms with van der Waals surface area (Å²) >= 11 is 6.69. The van der Waals surface area contributed by atoms with Crippen molar-refractivity contribution in [2.45, 2.75) is 26.7 Å². The van der Waals surface area contributed by atoms with Gasteiger partial charge in [0, 0.05) is 42.7 Å². The molecule has 0 aliphatic carbocycles. The lowest BCUT2D eigenvalue weighted by Gasteiger charge is -2.21. The highest BCUT2D eigenvalue weighted by atomic mass is 35.5. The van der Waals surface area contributed by atoms with Crippen molar-refractivity contribution in [3.05, 3.63) is 99.8 Å². The van der Waals surface area contributed by atoms with Gasteiger partial charge in [0.05, 0.1) is 16.3 Å². The highest BCUT2D eigenvalue weighted by Gasteiger charge is 2.17. The molecule has 234 valence electrons. The number of rotatable bonds is 12. The first-order chi connectivity index (χ1) is 21.6. The number of hydrogen-bond acceptors (Lipinski definition) is 9. The molecule has 0 unspecified atom stereocenters. The summed E-state index contributed by atoms with van der Waals surface area (Å²) < 4.78 is 55.5. The van der Waals surface area contributed by atoms with E-state index in [9.17, 15) is 13.7 Å². The first-order valence-electron chi connectivity index (χ1n) is 14.1. The Balaban J connectivity index is 1.37. The average molecular weight is 650 g/mol. The van der Waals surface area contributed by atoms with E-state index in [4.69, 9.17) is 35.1 Å². The Morgan fingerprint density at radius 3 is 2.56 bits per heavy atom. The molecule has 5 rings (SSSR count). The van der Waals surface area contributed by atoms with Gasteiger partial charge in [0.2, 0.25) is 0 Å². The molecule has 10 nitrogen and oxygen atoms in total. The van der Waals surface area contributed by atoms with Crippen LogP contribution in [-0.2, 0) is 29.9 Å². The van der Waals surface area contributed by atoms with Crippen LogP contribution in [0.25, 0.3) is 11.1 Å². The van der Waals surface area contributed by atoms with Crippen LogP contribution < -0.4 is 18.9 Å². The number of halogens is 1. The molecule has 12 heteroatoms. The fourth-order valence-electron chi connectivity index (χ4n) is 4.89. The lowest BCUT2D eigenvalue weighted by molar-refractivity contribution is 0.171. The maximum Gasteiger partial charge on any atom is 0.266 e. The first kappa shape index (κ1) is 32.1. The molecule has 1 N–H and O–H groups in total. The van der Waals surface area contributed by atoms with Gasteiger partial charge in [-0.3, -0.25) is 9.54 Å². The monoisotopic (exact) mass is 649 g/mol. The van der Waals surface area contributed by atoms with Gasteiger partial charge in [-0.25, -0.2) is 0 Å². The quantitative estimate of drug-likeness (QED) is 0.187. The van der Waals surface area contributed by atoms with Crippen molar-refractivity contribution >= 4 is 21.7 Å². The van der Waals surface area contributed by atoms with Crippen LogP contribution in [0.1, 0.15) is 27.8 Å². The van der Waals surface area contributed by atoms with Crippen LogP contribution >= 0.6 is 11.6 Å². The number of pyridine rings is 1. The summed E-state index contributed by atoms with van der Waals surface area (Å²) in [6, 6.07) is 19.1. The second-order valence-electron chi connectivity index (χ2n) is 10.6. The Morgan fingerprint density at radius 2 is 1.78 bits per heavy atom. The van der Waals surface area contributed by atoms with E-state index in [1.54, 1.807) is 36.3 Å². The summed E-state index contributed by atoms with van der Waals surface area (Å²) in [7, 11) is -2.39. The topological polar surface area (TPSA) is 131 Å². The van der Waals surface area contributed by atoms with E-state index in [2.05, 4.69) is 11.1 Å². The van der Waals surface area contributed by atoms with Crippen molar-refractivity contribution in [2.75, 3.05) is 32.6 Å². The van der Waals surface area contributed by atoms with Crippen LogP contribution in [0.2, 0.25) is 5.02 Å². The van der Waals surface area contributed by atoms with Crippen molar-refractivity contribution in [1.82, 2.24) is 9.88 Å². The van der Waals surface area contributed by atoms with Crippen LogP contribution in [0.5, 0.6) is 23.0 Å². The minimum atomic E-state index is -4.12. The molecule has 4 aromatic rings. The second kappa shape index (κ2) is 14.2. The zero-order valence-electron chi connectivity index (χ0n) is 24.8. The lowest BCUT2D eigenvalue weighted by Crippen LogP contribution is -2.25. The van der Waals surface area contributed by atoms with Gasteiger partial charge in [0.15, 0.2) is 11.5 Å². The van der Waals surface area contributed by atoms with Gasteiger partial charge in [0.25, 0.3) is 10.1 Å². The van der Waals surface area contributed by atoms with Crippen LogP contribution in [0.4, 0.5) is 0 Å². The summed E-state index contributed by atoms with van der Waals surface area (Å²) in [5.41, 5.74) is 5.85. The SMILES string of the molecule is Cc1c(COc2cc(OCc3cncc(C#N)c3)c(CN(C)CCS(=O)(=O)O)cc2Cl)cccc1-c1ccc2c(c1)OCCO2. The van der Waals surface area contributed by atoms with E-state index in [1.165, 1.54) is 6.20 Å². The zero-order valence-corrected chi connectivity index (χ0v) is 26.4. The lowest BCUT2D eigenvalue weighted by atomic mass is 9.96. The van der Waals surface area contributed by atoms with Gasteiger partial charge >= 0.3 is 0 Å². The van der Waals surface area contributed by atoms with Crippen molar-refractivity contribution in [1.29, 1.82) is 5.26 Å². The molecule has 0 fully saturated rings. The van der Waals surface area contributed by atoms with E-state index in [0.717, 1.165) is 33.8 Å². The number of aromatic nitrogens is 1. The van der Waals surface area contributed by atoms with Gasteiger partial charge < -0.3 is 23.8 Å². The number of ether oxygens (including phenoxy) is 4. The van der Waals surface area contributed by atoms with Crippen LogP contribution in [0.15, 0.2) is 67.0 Å². The predicted octanol–water partition coefficient (Wildman–Crippen LogP) is 5.83. The fraction of sp³-hybridized carbons (Fsp3) is 0.273. The minimum absolute atomic E-state index is 0.0985. The van der Waals surface area contributed by atoms with E-state index in [0.29, 0.717) is 46.4 Å². The molecule has 1 aliphatic rings. The van der Waals surface area contributed by atoms with Crippen molar-refractivity contribution in [3.8, 4) is 40.2 Å². The third kappa shape index (κ3) is 8.44. The standard InChI is InChI=1S/C33H32ClN3O7S/c1-22-26(4-3-5-28(22)25-6-7-30-33(14-25)42-10-9-41-30)21-44-32-15-31(43-20-24-12-23(16-35)17-36-18-24)27(13-29(32)34)19-37(2)8-11-45(38,39)40/h3-7,12-15,17-18H,8-11,19-21H2,1-2H3,(H,38,39,40). The molecule has 45 heavy (non-hydrogen) atoms. The Bertz CT molecular complexity index is 1840. The molecular weight excluding hydrogens is 618 g/mol. The summed E-state index contributed by atoms with van der Waals surface area (Å²) in [5, 5.41) is 9.58. The number of fused-ring (bicyclic) bond motifs is 1. The van der Waals surface area contributed by atoms with Gasteiger partial charge in [-0.15, -0.1) is 0 Å². The van der Waals surface area contributed by atoms with Gasteiger partial charge in [-0.1, -0.05) is 35.9 Å². The molecule has 0 bridgehead atoms. The van der Waals surface area contributed by atoms with Crippen molar-refractivity contribution in [3.63, 3.8) is 0 Å². The van der Waals surface area contributed by atoms with Gasteiger partial charge in [-0.05, 0) is 60.5 Å². The average Bonchev–Trinajstić information content (AvgIpc) is 3.03. The van der Waals surface area contributed by atoms with Crippen molar-refractivity contribution < 1.29 is 31.9 Å². The molecule has 0 radical (unpaired) electrons. The fourth-order valence-corrected chi connectivity index (χ4v) is 5.68. The largest absolute Gasteiger partial charge is 0.488 e. The number of nitrogens with zero attached hydrogens (tertiary/aromatic N) is 3. The molecule has 2 heterocycles. The zero-order chi connectivity index (χ0) is 32.0. The summed E-state index contributed by atoms with van der Waals surface area (Å²) in [6.45, 7) is 3.84. The summed E-state index contributed by atoms with van der Waals surface area (Å²) in [4.78, 5) is 5.82. The molecule has 0 atom stereocenters. The van der Waals surface area contributed by atoms with Crippen molar-refractivity contribution in [2.24, 2.45) is 0 Å². The molecule has 0 saturated heterocycles. The number of benzene rings is 3. The molecule has 1 aromatic heterocycles. The maximum absolute atomic E-state index is 11.3. The molecule has 1 aliphatic heterocycles. The Kier molecular flexibility index (Phi) is 10.1. The van der Waals surface area contributed by atoms with Gasteiger partial charge in [-0.2, -0.15) is 13.7 Å². The van der Waals surface area contributed by atoms with E-state index < -0.39 is 15.9 Å². The summed E-state index contributed by atoms with van der Waals surface area (Å²) in [6.07, 6.45) is 3.08. The Hall–Kier alpha value is -4.34. The van der Waals surface area contributed by atoms with Gasteiger partial charge in [0.1, 0.15) is 44.0 Å². The number of hydrogen-bond donors (Lipinski definition) is 1. The third-order valence-electron chi connectivity index (χ3n) is 7.29. The summed E-state index contributed by atoms with van der Waals surface area (Å²) in [5.74, 6) is 1.92. The van der Waals surface area contributed by atoms with Crippen LogP contribution in [-0.4, -0.2) is 55.4 Å². The predicted molar refractivity (Wildman–Crippen MR) is 169 cm³/mol. The van der Waals surface area contributed by atoms with E-state index in [1.807, 2.05) is 43.3 Å². The van der Waals surface area contributed by atoms with E-state index in [-0.39, 0.29) is 26.3 Å². The maximum atomic E-state index is 11.3. The molecule has 0 spiro atoms. The highest BCUT2D eigenvalue weighted by molar-refractivity contribution is 7.85. The number of nitriles is 1. The van der Waals surface area contributed by atoms with Crippen LogP contribution in [0, 0.1) is 18.3 Å². The highest BCUT2D eigenvalue weighted by Crippen LogP contribution is 2.37. The van der Waals surface area contributed by atoms with Crippen LogP contribution in [0.3, 0.4) is 0 Å². The molecule has 0 saturated carbocycles. The molecule has 0 amide bonds. The Morgan fingerprint density at radius 1 is 1.00 bits per heavy atom. The smallest absolute Gasteiger partial charge is 0.266 e. The normalized spacial score (nSPS) is 12.5. The second-order valence-corrected chi connectivity index (χ2v) is 12.6. The molecule has 3 aromatic carbocycles. The Labute approximate surface area is 267 Å². The molecular formula is C33H32ClN3O7S. The van der Waals surface area contributed by atoms with E-state index >= 15 is 0 Å².